The monoisotopic (exact) mass is 276 g/mol. The quantitative estimate of drug-likeness (QED) is 0.843. The van der Waals surface area contributed by atoms with E-state index >= 15 is 0 Å². The summed E-state index contributed by atoms with van der Waals surface area (Å²) in [7, 11) is 0. The molecule has 3 atom stereocenters. The van der Waals surface area contributed by atoms with Crippen LogP contribution in [0.4, 0.5) is 4.39 Å². The minimum Gasteiger partial charge on any atom is -0.347 e. The number of rotatable bonds is 2. The van der Waals surface area contributed by atoms with Crippen LogP contribution in [0.15, 0.2) is 18.2 Å². The van der Waals surface area contributed by atoms with Crippen molar-refractivity contribution in [1.29, 1.82) is 0 Å². The summed E-state index contributed by atoms with van der Waals surface area (Å²) in [5, 5.41) is 3.08. The van der Waals surface area contributed by atoms with Gasteiger partial charge in [0.2, 0.25) is 5.95 Å². The van der Waals surface area contributed by atoms with Crippen LogP contribution in [0, 0.1) is 22.7 Å². The minimum absolute atomic E-state index is 0.126. The molecule has 2 saturated carbocycles. The molecular formula is C16H21FN2O. The maximum absolute atomic E-state index is 13.1. The smallest absolute Gasteiger partial charge is 0.270 e. The lowest BCUT2D eigenvalue weighted by Gasteiger charge is -2.39. The van der Waals surface area contributed by atoms with E-state index in [0.717, 1.165) is 12.8 Å². The topological polar surface area (TPSA) is 42.0 Å². The van der Waals surface area contributed by atoms with Crippen molar-refractivity contribution in [1.82, 2.24) is 10.3 Å². The molecule has 0 aliphatic heterocycles. The summed E-state index contributed by atoms with van der Waals surface area (Å²) in [4.78, 5) is 15.9. The number of hydrogen-bond donors (Lipinski definition) is 1. The van der Waals surface area contributed by atoms with Crippen LogP contribution in [-0.4, -0.2) is 16.9 Å². The third-order valence-corrected chi connectivity index (χ3v) is 6.05. The van der Waals surface area contributed by atoms with Gasteiger partial charge in [-0.25, -0.2) is 4.98 Å². The van der Waals surface area contributed by atoms with Crippen LogP contribution < -0.4 is 5.32 Å². The molecule has 20 heavy (non-hydrogen) atoms. The Kier molecular flexibility index (Phi) is 2.89. The predicted octanol–water partition coefficient (Wildman–Crippen LogP) is 3.17. The lowest BCUT2D eigenvalue weighted by Crippen LogP contribution is -2.47. The molecule has 3 unspecified atom stereocenters. The number of amides is 1. The van der Waals surface area contributed by atoms with Gasteiger partial charge in [-0.3, -0.25) is 4.79 Å². The summed E-state index contributed by atoms with van der Waals surface area (Å²) in [5.74, 6) is -0.213. The van der Waals surface area contributed by atoms with Crippen molar-refractivity contribution in [2.45, 2.75) is 46.1 Å². The number of nitrogens with one attached hydrogen (secondary N) is 1. The van der Waals surface area contributed by atoms with Crippen molar-refractivity contribution >= 4 is 5.91 Å². The number of aromatic nitrogens is 1. The maximum atomic E-state index is 13.1. The van der Waals surface area contributed by atoms with Crippen LogP contribution in [0.2, 0.25) is 0 Å². The van der Waals surface area contributed by atoms with Crippen molar-refractivity contribution < 1.29 is 9.18 Å². The van der Waals surface area contributed by atoms with Gasteiger partial charge >= 0.3 is 0 Å². The first kappa shape index (κ1) is 13.5. The van der Waals surface area contributed by atoms with E-state index in [9.17, 15) is 9.18 Å². The largest absolute Gasteiger partial charge is 0.347 e. The van der Waals surface area contributed by atoms with Crippen molar-refractivity contribution in [2.75, 3.05) is 0 Å². The van der Waals surface area contributed by atoms with Gasteiger partial charge < -0.3 is 5.32 Å². The Bertz CT molecular complexity index is 557. The molecule has 0 radical (unpaired) electrons. The number of halogens is 1. The van der Waals surface area contributed by atoms with Crippen molar-refractivity contribution in [3.05, 3.63) is 29.8 Å². The summed E-state index contributed by atoms with van der Waals surface area (Å²) in [5.41, 5.74) is 0.537. The van der Waals surface area contributed by atoms with Gasteiger partial charge in [0.25, 0.3) is 5.91 Å². The molecule has 1 N–H and O–H groups in total. The zero-order valence-corrected chi connectivity index (χ0v) is 12.2. The number of pyridine rings is 1. The third kappa shape index (κ3) is 1.77. The first-order valence-electron chi connectivity index (χ1n) is 7.28. The Morgan fingerprint density at radius 1 is 1.40 bits per heavy atom. The summed E-state index contributed by atoms with van der Waals surface area (Å²) in [6.45, 7) is 6.87. The van der Waals surface area contributed by atoms with E-state index in [1.807, 2.05) is 0 Å². The predicted molar refractivity (Wildman–Crippen MR) is 74.7 cm³/mol. The molecule has 1 amide bonds. The summed E-state index contributed by atoms with van der Waals surface area (Å²) < 4.78 is 13.1. The average molecular weight is 276 g/mol. The van der Waals surface area contributed by atoms with E-state index < -0.39 is 5.95 Å². The molecule has 2 bridgehead atoms. The highest BCUT2D eigenvalue weighted by molar-refractivity contribution is 5.92. The molecule has 0 saturated heterocycles. The van der Waals surface area contributed by atoms with E-state index in [4.69, 9.17) is 0 Å². The molecule has 4 heteroatoms. The maximum Gasteiger partial charge on any atom is 0.270 e. The Balaban J connectivity index is 1.78. The molecule has 2 aliphatic rings. The lowest BCUT2D eigenvalue weighted by molar-refractivity contribution is 0.0820. The van der Waals surface area contributed by atoms with Crippen LogP contribution in [0.3, 0.4) is 0 Å². The summed E-state index contributed by atoms with van der Waals surface area (Å²) in [6.07, 6.45) is 3.41. The zero-order valence-electron chi connectivity index (χ0n) is 12.2. The van der Waals surface area contributed by atoms with Gasteiger partial charge in [0.1, 0.15) is 5.69 Å². The summed E-state index contributed by atoms with van der Waals surface area (Å²) >= 11 is 0. The summed E-state index contributed by atoms with van der Waals surface area (Å²) in [6, 6.07) is 4.48. The second kappa shape index (κ2) is 4.27. The fraction of sp³-hybridized carbons (Fsp3) is 0.625. The Morgan fingerprint density at radius 3 is 2.70 bits per heavy atom. The molecule has 0 spiro atoms. The molecule has 2 aliphatic carbocycles. The normalized spacial score (nSPS) is 34.2. The fourth-order valence-electron chi connectivity index (χ4n) is 4.19. The van der Waals surface area contributed by atoms with Crippen LogP contribution in [0.25, 0.3) is 0 Å². The van der Waals surface area contributed by atoms with Crippen LogP contribution in [0.5, 0.6) is 0 Å². The van der Waals surface area contributed by atoms with Crippen LogP contribution in [0.1, 0.15) is 50.5 Å². The van der Waals surface area contributed by atoms with E-state index in [0.29, 0.717) is 5.92 Å². The number of nitrogens with zero attached hydrogens (tertiary/aromatic N) is 1. The van der Waals surface area contributed by atoms with E-state index in [1.54, 1.807) is 6.07 Å². The highest BCUT2D eigenvalue weighted by Gasteiger charge is 2.61. The van der Waals surface area contributed by atoms with Gasteiger partial charge in [0.15, 0.2) is 0 Å². The second-order valence-electron chi connectivity index (χ2n) is 6.98. The Morgan fingerprint density at radius 2 is 2.15 bits per heavy atom. The molecular weight excluding hydrogens is 255 g/mol. The van der Waals surface area contributed by atoms with Gasteiger partial charge in [-0.1, -0.05) is 26.8 Å². The number of carbonyl (C=O) groups is 1. The van der Waals surface area contributed by atoms with Crippen molar-refractivity contribution in [3.63, 3.8) is 0 Å². The van der Waals surface area contributed by atoms with Crippen LogP contribution >= 0.6 is 0 Å². The molecule has 3 rings (SSSR count). The average Bonchev–Trinajstić information content (AvgIpc) is 2.72. The second-order valence-corrected chi connectivity index (χ2v) is 6.98. The standard InChI is InChI=1S/C16H21FN2O/c1-15(2)10-7-8-16(15,3)12(9-10)19-14(20)11-5-4-6-13(17)18-11/h4-6,10,12H,7-9H2,1-3H3,(H,19,20). The van der Waals surface area contributed by atoms with Gasteiger partial charge in [-0.15, -0.1) is 0 Å². The zero-order chi connectivity index (χ0) is 14.5. The first-order valence-corrected chi connectivity index (χ1v) is 7.28. The molecule has 1 heterocycles. The Hall–Kier alpha value is -1.45. The number of fused-ring (bicyclic) bond motifs is 2. The van der Waals surface area contributed by atoms with Gasteiger partial charge in [-0.05, 0) is 48.1 Å². The van der Waals surface area contributed by atoms with Gasteiger partial charge in [0.05, 0.1) is 0 Å². The highest BCUT2D eigenvalue weighted by atomic mass is 19.1. The molecule has 0 aromatic carbocycles. The van der Waals surface area contributed by atoms with E-state index in [-0.39, 0.29) is 28.5 Å². The van der Waals surface area contributed by atoms with Crippen molar-refractivity contribution in [3.8, 4) is 0 Å². The van der Waals surface area contributed by atoms with Crippen molar-refractivity contribution in [2.24, 2.45) is 16.7 Å². The number of hydrogen-bond acceptors (Lipinski definition) is 2. The third-order valence-electron chi connectivity index (χ3n) is 6.05. The SMILES string of the molecule is CC1(C)C2CCC1(C)C(NC(=O)c1cccc(F)n1)C2. The molecule has 3 nitrogen and oxygen atoms in total. The van der Waals surface area contributed by atoms with Gasteiger partial charge in [0, 0.05) is 6.04 Å². The minimum atomic E-state index is -0.614. The number of carbonyl (C=O) groups excluding carboxylic acids is 1. The molecule has 1 aromatic heterocycles. The highest BCUT2D eigenvalue weighted by Crippen LogP contribution is 2.65. The van der Waals surface area contributed by atoms with E-state index in [1.165, 1.54) is 18.6 Å². The van der Waals surface area contributed by atoms with Crippen LogP contribution in [-0.2, 0) is 0 Å². The molecule has 1 aromatic rings. The van der Waals surface area contributed by atoms with E-state index in [2.05, 4.69) is 31.1 Å². The molecule has 2 fully saturated rings. The Labute approximate surface area is 119 Å². The first-order chi connectivity index (χ1) is 9.34. The van der Waals surface area contributed by atoms with Gasteiger partial charge in [-0.2, -0.15) is 4.39 Å². The lowest BCUT2D eigenvalue weighted by atomic mass is 9.69. The molecule has 108 valence electrons. The fourth-order valence-corrected chi connectivity index (χ4v) is 4.19.